The number of hydrogen-bond acceptors (Lipinski definition) is 8. The lowest BCUT2D eigenvalue weighted by Crippen LogP contribution is -2.24. The van der Waals surface area contributed by atoms with Gasteiger partial charge in [0.25, 0.3) is 0 Å². The molecule has 0 aliphatic carbocycles. The largest absolute Gasteiger partial charge is 0.494 e. The molecule has 226 valence electrons. The number of halogens is 3. The second kappa shape index (κ2) is 16.0. The Labute approximate surface area is 244 Å². The molecule has 0 aliphatic heterocycles. The van der Waals surface area contributed by atoms with Crippen LogP contribution in [0.2, 0.25) is 0 Å². The van der Waals surface area contributed by atoms with Gasteiger partial charge in [0.05, 0.1) is 24.2 Å². The normalized spacial score (nSPS) is 10.6. The second-order valence-corrected chi connectivity index (χ2v) is 9.22. The number of rotatable bonds is 12. The Morgan fingerprint density at radius 2 is 1.62 bits per heavy atom. The van der Waals surface area contributed by atoms with Crippen molar-refractivity contribution in [1.29, 1.82) is 0 Å². The lowest BCUT2D eigenvalue weighted by Gasteiger charge is -2.25. The first-order valence-corrected chi connectivity index (χ1v) is 13.3. The van der Waals surface area contributed by atoms with Crippen molar-refractivity contribution in [2.24, 2.45) is 0 Å². The standard InChI is InChI=1S/C27H31F3N6O2.C3H6O/c1-5-14-36(15-6-2)18-12-13-22(23(16-18)38-4)34-26-31-17-19(27(28,29)30)25(35-26)33-21-11-9-8-10-20(21)32-24(37)7-3;1-3(2)4/h7-13,16-17H,3,5-6,14-15H2,1-2,4H3,(H,32,37)(H2,31,33,34,35);1-2H3. The minimum Gasteiger partial charge on any atom is -0.494 e. The van der Waals surface area contributed by atoms with Crippen LogP contribution in [0.15, 0.2) is 61.3 Å². The highest BCUT2D eigenvalue weighted by Crippen LogP contribution is 2.37. The molecule has 9 nitrogen and oxygen atoms in total. The summed E-state index contributed by atoms with van der Waals surface area (Å²) in [4.78, 5) is 31.5. The van der Waals surface area contributed by atoms with E-state index < -0.39 is 23.5 Å². The molecule has 3 aromatic rings. The number of nitrogens with one attached hydrogen (secondary N) is 3. The number of nitrogens with zero attached hydrogens (tertiary/aromatic N) is 3. The Balaban J connectivity index is 0.00000144. The van der Waals surface area contributed by atoms with Crippen LogP contribution in [0.25, 0.3) is 0 Å². The molecule has 0 radical (unpaired) electrons. The zero-order valence-corrected chi connectivity index (χ0v) is 24.4. The summed E-state index contributed by atoms with van der Waals surface area (Å²) >= 11 is 0. The summed E-state index contributed by atoms with van der Waals surface area (Å²) in [6.07, 6.45) is -0.988. The van der Waals surface area contributed by atoms with Crippen LogP contribution in [0.5, 0.6) is 5.75 Å². The highest BCUT2D eigenvalue weighted by atomic mass is 19.4. The number of aromatic nitrogens is 2. The first-order chi connectivity index (χ1) is 19.9. The summed E-state index contributed by atoms with van der Waals surface area (Å²) in [6.45, 7) is 12.4. The van der Waals surface area contributed by atoms with Crippen LogP contribution in [0, 0.1) is 0 Å². The fourth-order valence-electron chi connectivity index (χ4n) is 3.77. The van der Waals surface area contributed by atoms with Gasteiger partial charge < -0.3 is 30.4 Å². The van der Waals surface area contributed by atoms with Crippen LogP contribution in [0.1, 0.15) is 46.1 Å². The average molecular weight is 587 g/mol. The average Bonchev–Trinajstić information content (AvgIpc) is 2.93. The van der Waals surface area contributed by atoms with Crippen LogP contribution >= 0.6 is 0 Å². The van der Waals surface area contributed by atoms with Crippen molar-refractivity contribution in [3.63, 3.8) is 0 Å². The molecule has 2 aromatic carbocycles. The fraction of sp³-hybridized carbons (Fsp3) is 0.333. The highest BCUT2D eigenvalue weighted by Gasteiger charge is 2.35. The molecule has 1 aromatic heterocycles. The molecule has 0 bridgehead atoms. The highest BCUT2D eigenvalue weighted by molar-refractivity contribution is 6.01. The van der Waals surface area contributed by atoms with Gasteiger partial charge >= 0.3 is 6.18 Å². The van der Waals surface area contributed by atoms with Gasteiger partial charge in [0.2, 0.25) is 11.9 Å². The number of ether oxygens (including phenoxy) is 1. The second-order valence-electron chi connectivity index (χ2n) is 9.22. The number of alkyl halides is 3. The molecule has 0 atom stereocenters. The van der Waals surface area contributed by atoms with Gasteiger partial charge in [0.1, 0.15) is 22.9 Å². The number of para-hydroxylation sites is 2. The summed E-state index contributed by atoms with van der Waals surface area (Å²) < 4.78 is 46.9. The summed E-state index contributed by atoms with van der Waals surface area (Å²) in [6, 6.07) is 11.9. The van der Waals surface area contributed by atoms with Crippen molar-refractivity contribution in [3.05, 3.63) is 66.9 Å². The molecule has 1 heterocycles. The fourth-order valence-corrected chi connectivity index (χ4v) is 3.77. The Morgan fingerprint density at radius 3 is 2.17 bits per heavy atom. The van der Waals surface area contributed by atoms with E-state index in [1.807, 2.05) is 12.1 Å². The molecule has 12 heteroatoms. The lowest BCUT2D eigenvalue weighted by atomic mass is 10.2. The van der Waals surface area contributed by atoms with Gasteiger partial charge in [-0.05, 0) is 57.0 Å². The van der Waals surface area contributed by atoms with Crippen LogP contribution in [0.3, 0.4) is 0 Å². The lowest BCUT2D eigenvalue weighted by molar-refractivity contribution is -0.137. The number of amides is 1. The first-order valence-electron chi connectivity index (χ1n) is 13.3. The Kier molecular flexibility index (Phi) is 12.8. The molecule has 0 aliphatic rings. The van der Waals surface area contributed by atoms with E-state index in [0.29, 0.717) is 17.6 Å². The molecular formula is C30H37F3N6O3. The Hall–Kier alpha value is -4.61. The van der Waals surface area contributed by atoms with E-state index in [4.69, 9.17) is 4.74 Å². The number of Topliss-reactive ketones (excluding diaryl/α,β-unsaturated/α-hetero) is 1. The van der Waals surface area contributed by atoms with Crippen molar-refractivity contribution < 1.29 is 27.5 Å². The van der Waals surface area contributed by atoms with Gasteiger partial charge in [-0.2, -0.15) is 18.2 Å². The van der Waals surface area contributed by atoms with Gasteiger partial charge in [-0.3, -0.25) is 4.79 Å². The van der Waals surface area contributed by atoms with Crippen LogP contribution in [0.4, 0.5) is 47.7 Å². The molecule has 0 fully saturated rings. The number of methoxy groups -OCH3 is 1. The van der Waals surface area contributed by atoms with E-state index in [9.17, 15) is 22.8 Å². The third-order valence-electron chi connectivity index (χ3n) is 5.50. The van der Waals surface area contributed by atoms with Gasteiger partial charge in [-0.1, -0.05) is 32.6 Å². The maximum Gasteiger partial charge on any atom is 0.421 e. The van der Waals surface area contributed by atoms with E-state index in [2.05, 4.69) is 51.2 Å². The van der Waals surface area contributed by atoms with Crippen LogP contribution < -0.4 is 25.6 Å². The molecule has 3 rings (SSSR count). The van der Waals surface area contributed by atoms with Crippen LogP contribution in [-0.4, -0.2) is 41.9 Å². The molecule has 0 unspecified atom stereocenters. The maximum absolute atomic E-state index is 13.8. The maximum atomic E-state index is 13.8. The van der Waals surface area contributed by atoms with E-state index in [0.717, 1.165) is 37.7 Å². The first kappa shape index (κ1) is 33.6. The number of hydrogen-bond donors (Lipinski definition) is 3. The summed E-state index contributed by atoms with van der Waals surface area (Å²) in [5, 5.41) is 8.20. The number of ketones is 1. The number of anilines is 6. The molecule has 0 saturated carbocycles. The predicted molar refractivity (Wildman–Crippen MR) is 161 cm³/mol. The molecular weight excluding hydrogens is 549 g/mol. The Morgan fingerprint density at radius 1 is 1.00 bits per heavy atom. The number of benzene rings is 2. The number of carbonyl (C=O) groups is 2. The summed E-state index contributed by atoms with van der Waals surface area (Å²) in [5.41, 5.74) is 0.884. The predicted octanol–water partition coefficient (Wildman–Crippen LogP) is 7.34. The van der Waals surface area contributed by atoms with Crippen molar-refractivity contribution in [2.45, 2.75) is 46.7 Å². The molecule has 3 N–H and O–H groups in total. The molecule has 0 saturated heterocycles. The van der Waals surface area contributed by atoms with E-state index in [-0.39, 0.29) is 23.1 Å². The minimum absolute atomic E-state index is 0.0712. The number of carbonyl (C=O) groups excluding carboxylic acids is 2. The zero-order chi connectivity index (χ0) is 31.3. The molecule has 42 heavy (non-hydrogen) atoms. The monoisotopic (exact) mass is 586 g/mol. The zero-order valence-electron chi connectivity index (χ0n) is 24.4. The topological polar surface area (TPSA) is 108 Å². The third-order valence-corrected chi connectivity index (χ3v) is 5.50. The van der Waals surface area contributed by atoms with Crippen molar-refractivity contribution in [3.8, 4) is 5.75 Å². The van der Waals surface area contributed by atoms with Gasteiger partial charge in [0, 0.05) is 31.0 Å². The smallest absolute Gasteiger partial charge is 0.421 e. The SMILES string of the molecule is C=CC(=O)Nc1ccccc1Nc1nc(Nc2ccc(N(CCC)CCC)cc2OC)ncc1C(F)(F)F.CC(C)=O. The van der Waals surface area contributed by atoms with Crippen molar-refractivity contribution >= 4 is 46.2 Å². The van der Waals surface area contributed by atoms with Crippen molar-refractivity contribution in [1.82, 2.24) is 9.97 Å². The molecule has 1 amide bonds. The van der Waals surface area contributed by atoms with E-state index >= 15 is 0 Å². The summed E-state index contributed by atoms with van der Waals surface area (Å²) in [7, 11) is 1.52. The quantitative estimate of drug-likeness (QED) is 0.189. The molecule has 0 spiro atoms. The van der Waals surface area contributed by atoms with Gasteiger partial charge in [-0.25, -0.2) is 4.98 Å². The summed E-state index contributed by atoms with van der Waals surface area (Å²) in [5.74, 6) is -0.399. The van der Waals surface area contributed by atoms with E-state index in [1.54, 1.807) is 24.3 Å². The Bertz CT molecular complexity index is 1350. The van der Waals surface area contributed by atoms with E-state index in [1.165, 1.54) is 27.0 Å². The van der Waals surface area contributed by atoms with Gasteiger partial charge in [0.15, 0.2) is 0 Å². The van der Waals surface area contributed by atoms with Gasteiger partial charge in [-0.15, -0.1) is 0 Å². The third kappa shape index (κ3) is 10.1. The minimum atomic E-state index is -4.72. The van der Waals surface area contributed by atoms with Crippen LogP contribution in [-0.2, 0) is 15.8 Å². The van der Waals surface area contributed by atoms with Crippen molar-refractivity contribution in [2.75, 3.05) is 41.0 Å².